The SMILES string of the molecule is Cc1cccc(-c2cn(CC(OCc3ccc(Cl)cc3)c3ccc(Cl)cc3Cl)nn2)c1. The lowest BCUT2D eigenvalue weighted by Gasteiger charge is -2.20. The highest BCUT2D eigenvalue weighted by Crippen LogP contribution is 2.31. The Hall–Kier alpha value is -2.37. The van der Waals surface area contributed by atoms with E-state index in [1.165, 1.54) is 5.56 Å². The summed E-state index contributed by atoms with van der Waals surface area (Å²) in [7, 11) is 0. The van der Waals surface area contributed by atoms with Crippen LogP contribution in [0.25, 0.3) is 11.3 Å². The largest absolute Gasteiger partial charge is 0.367 e. The van der Waals surface area contributed by atoms with E-state index in [4.69, 9.17) is 39.5 Å². The highest BCUT2D eigenvalue weighted by Gasteiger charge is 2.18. The molecule has 3 aromatic carbocycles. The van der Waals surface area contributed by atoms with E-state index in [1.807, 2.05) is 48.7 Å². The molecule has 4 aromatic rings. The first-order chi connectivity index (χ1) is 15.0. The molecule has 0 aliphatic rings. The Morgan fingerprint density at radius 1 is 0.935 bits per heavy atom. The minimum atomic E-state index is -0.340. The maximum atomic E-state index is 6.48. The van der Waals surface area contributed by atoms with Gasteiger partial charge in [0, 0.05) is 26.2 Å². The molecule has 0 bridgehead atoms. The zero-order valence-electron chi connectivity index (χ0n) is 16.8. The van der Waals surface area contributed by atoms with Crippen LogP contribution in [0.15, 0.2) is 72.9 Å². The number of ether oxygens (including phenoxy) is 1. The van der Waals surface area contributed by atoms with E-state index in [-0.39, 0.29) is 6.10 Å². The van der Waals surface area contributed by atoms with Crippen LogP contribution in [0, 0.1) is 6.92 Å². The summed E-state index contributed by atoms with van der Waals surface area (Å²) in [5.41, 5.74) is 4.85. The van der Waals surface area contributed by atoms with Crippen LogP contribution in [0.5, 0.6) is 0 Å². The summed E-state index contributed by atoms with van der Waals surface area (Å²) in [6, 6.07) is 21.1. The molecule has 158 valence electrons. The number of hydrogen-bond acceptors (Lipinski definition) is 3. The highest BCUT2D eigenvalue weighted by atomic mass is 35.5. The minimum absolute atomic E-state index is 0.340. The molecule has 1 aromatic heterocycles. The molecule has 1 unspecified atom stereocenters. The van der Waals surface area contributed by atoms with Crippen molar-refractivity contribution in [2.45, 2.75) is 26.2 Å². The molecule has 0 radical (unpaired) electrons. The normalized spacial score (nSPS) is 12.1. The van der Waals surface area contributed by atoms with Gasteiger partial charge in [0.2, 0.25) is 0 Å². The molecular weight excluding hydrogens is 453 g/mol. The van der Waals surface area contributed by atoms with E-state index in [1.54, 1.807) is 16.8 Å². The van der Waals surface area contributed by atoms with Gasteiger partial charge < -0.3 is 4.74 Å². The second kappa shape index (κ2) is 9.84. The average Bonchev–Trinajstić information content (AvgIpc) is 3.21. The third-order valence-corrected chi connectivity index (χ3v) is 5.69. The van der Waals surface area contributed by atoms with Crippen LogP contribution in [0.3, 0.4) is 0 Å². The predicted octanol–water partition coefficient (Wildman–Crippen LogP) is 7.17. The van der Waals surface area contributed by atoms with Gasteiger partial charge in [-0.05, 0) is 42.8 Å². The molecule has 1 atom stereocenters. The van der Waals surface area contributed by atoms with Gasteiger partial charge in [-0.2, -0.15) is 0 Å². The summed E-state index contributed by atoms with van der Waals surface area (Å²) in [6.07, 6.45) is 1.57. The van der Waals surface area contributed by atoms with Crippen LogP contribution in [-0.2, 0) is 17.9 Å². The van der Waals surface area contributed by atoms with E-state index < -0.39 is 0 Å². The van der Waals surface area contributed by atoms with Crippen molar-refractivity contribution in [1.82, 2.24) is 15.0 Å². The highest BCUT2D eigenvalue weighted by molar-refractivity contribution is 6.35. The van der Waals surface area contributed by atoms with E-state index in [0.29, 0.717) is 28.2 Å². The summed E-state index contributed by atoms with van der Waals surface area (Å²) < 4.78 is 8.03. The first-order valence-corrected chi connectivity index (χ1v) is 10.9. The Balaban J connectivity index is 1.57. The smallest absolute Gasteiger partial charge is 0.113 e. The van der Waals surface area contributed by atoms with Gasteiger partial charge in [-0.15, -0.1) is 5.10 Å². The zero-order valence-corrected chi connectivity index (χ0v) is 19.1. The van der Waals surface area contributed by atoms with E-state index in [9.17, 15) is 0 Å². The first kappa shape index (κ1) is 21.8. The second-order valence-electron chi connectivity index (χ2n) is 7.29. The van der Waals surface area contributed by atoms with Crippen LogP contribution in [0.2, 0.25) is 15.1 Å². The molecule has 0 aliphatic heterocycles. The fourth-order valence-electron chi connectivity index (χ4n) is 3.28. The summed E-state index contributed by atoms with van der Waals surface area (Å²) in [4.78, 5) is 0. The number of rotatable bonds is 7. The summed E-state index contributed by atoms with van der Waals surface area (Å²) in [6.45, 7) is 2.91. The average molecular weight is 473 g/mol. The molecule has 0 N–H and O–H groups in total. The quantitative estimate of drug-likeness (QED) is 0.286. The Labute approximate surface area is 196 Å². The zero-order chi connectivity index (χ0) is 21.8. The molecule has 7 heteroatoms. The lowest BCUT2D eigenvalue weighted by Crippen LogP contribution is -2.14. The maximum Gasteiger partial charge on any atom is 0.113 e. The van der Waals surface area contributed by atoms with E-state index >= 15 is 0 Å². The van der Waals surface area contributed by atoms with Crippen LogP contribution in [0.4, 0.5) is 0 Å². The van der Waals surface area contributed by atoms with Crippen molar-refractivity contribution >= 4 is 34.8 Å². The van der Waals surface area contributed by atoms with Crippen LogP contribution in [-0.4, -0.2) is 15.0 Å². The molecule has 0 fully saturated rings. The van der Waals surface area contributed by atoms with Gasteiger partial charge in [0.15, 0.2) is 0 Å². The molecule has 31 heavy (non-hydrogen) atoms. The summed E-state index contributed by atoms with van der Waals surface area (Å²) >= 11 is 18.6. The Morgan fingerprint density at radius 3 is 2.45 bits per heavy atom. The van der Waals surface area contributed by atoms with Crippen molar-refractivity contribution in [1.29, 1.82) is 0 Å². The number of aryl methyl sites for hydroxylation is 1. The molecular formula is C24H20Cl3N3O. The van der Waals surface area contributed by atoms with Gasteiger partial charge in [0.1, 0.15) is 11.8 Å². The number of aromatic nitrogens is 3. The van der Waals surface area contributed by atoms with Crippen LogP contribution >= 0.6 is 34.8 Å². The first-order valence-electron chi connectivity index (χ1n) is 9.76. The number of hydrogen-bond donors (Lipinski definition) is 0. The lowest BCUT2D eigenvalue weighted by atomic mass is 10.1. The summed E-state index contributed by atoms with van der Waals surface area (Å²) in [5, 5.41) is 10.4. The maximum absolute atomic E-state index is 6.48. The van der Waals surface area contributed by atoms with Gasteiger partial charge in [0.05, 0.1) is 19.3 Å². The van der Waals surface area contributed by atoms with Gasteiger partial charge in [-0.3, -0.25) is 0 Å². The summed E-state index contributed by atoms with van der Waals surface area (Å²) in [5.74, 6) is 0. The molecule has 0 spiro atoms. The van der Waals surface area contributed by atoms with Crippen LogP contribution in [0.1, 0.15) is 22.8 Å². The van der Waals surface area contributed by atoms with E-state index in [0.717, 1.165) is 22.4 Å². The molecule has 0 amide bonds. The Morgan fingerprint density at radius 2 is 1.71 bits per heavy atom. The standard InChI is InChI=1S/C24H20Cl3N3O/c1-16-3-2-4-18(11-16)23-13-30(29-28-23)14-24(21-10-9-20(26)12-22(21)27)31-15-17-5-7-19(25)8-6-17/h2-13,24H,14-15H2,1H3. The number of nitrogens with zero attached hydrogens (tertiary/aromatic N) is 3. The number of benzene rings is 3. The van der Waals surface area contributed by atoms with Crippen molar-refractivity contribution in [2.24, 2.45) is 0 Å². The lowest BCUT2D eigenvalue weighted by molar-refractivity contribution is 0.0254. The molecule has 0 aliphatic carbocycles. The van der Waals surface area contributed by atoms with Gasteiger partial charge >= 0.3 is 0 Å². The Kier molecular flexibility index (Phi) is 6.93. The van der Waals surface area contributed by atoms with E-state index in [2.05, 4.69) is 29.4 Å². The van der Waals surface area contributed by atoms with Crippen molar-refractivity contribution < 1.29 is 4.74 Å². The van der Waals surface area contributed by atoms with Gasteiger partial charge in [-0.1, -0.05) is 82.0 Å². The van der Waals surface area contributed by atoms with Crippen molar-refractivity contribution in [3.8, 4) is 11.3 Å². The monoisotopic (exact) mass is 471 g/mol. The molecule has 1 heterocycles. The van der Waals surface area contributed by atoms with Crippen molar-refractivity contribution in [2.75, 3.05) is 0 Å². The van der Waals surface area contributed by atoms with Crippen molar-refractivity contribution in [3.05, 3.63) is 105 Å². The second-order valence-corrected chi connectivity index (χ2v) is 8.57. The Bertz CT molecular complexity index is 1170. The number of halogens is 3. The van der Waals surface area contributed by atoms with Crippen LogP contribution < -0.4 is 0 Å². The molecule has 0 saturated carbocycles. The fraction of sp³-hybridized carbons (Fsp3) is 0.167. The molecule has 4 rings (SSSR count). The van der Waals surface area contributed by atoms with Gasteiger partial charge in [-0.25, -0.2) is 4.68 Å². The fourth-order valence-corrected chi connectivity index (χ4v) is 3.93. The topological polar surface area (TPSA) is 39.9 Å². The third kappa shape index (κ3) is 5.66. The third-order valence-electron chi connectivity index (χ3n) is 4.88. The minimum Gasteiger partial charge on any atom is -0.367 e. The van der Waals surface area contributed by atoms with Gasteiger partial charge in [0.25, 0.3) is 0 Å². The van der Waals surface area contributed by atoms with Crippen molar-refractivity contribution in [3.63, 3.8) is 0 Å². The molecule has 4 nitrogen and oxygen atoms in total. The molecule has 0 saturated heterocycles. The predicted molar refractivity (Wildman–Crippen MR) is 126 cm³/mol.